The molecule has 6 nitrogen and oxygen atoms in total. The Bertz CT molecular complexity index is 1150. The number of thiazole rings is 1. The van der Waals surface area contributed by atoms with Gasteiger partial charge >= 0.3 is 0 Å². The van der Waals surface area contributed by atoms with Gasteiger partial charge in [0.05, 0.1) is 23.9 Å². The summed E-state index contributed by atoms with van der Waals surface area (Å²) >= 11 is 1.49. The van der Waals surface area contributed by atoms with E-state index in [1.54, 1.807) is 12.0 Å². The van der Waals surface area contributed by atoms with E-state index in [-0.39, 0.29) is 5.91 Å². The minimum Gasteiger partial charge on any atom is -0.497 e. The predicted octanol–water partition coefficient (Wildman–Crippen LogP) is 4.68. The van der Waals surface area contributed by atoms with Crippen molar-refractivity contribution in [2.75, 3.05) is 12.0 Å². The fraction of sp³-hybridized carbons (Fsp3) is 0.227. The van der Waals surface area contributed by atoms with Gasteiger partial charge < -0.3 is 4.74 Å². The van der Waals surface area contributed by atoms with Gasteiger partial charge in [0, 0.05) is 18.3 Å². The maximum atomic E-state index is 13.4. The molecule has 0 atom stereocenters. The van der Waals surface area contributed by atoms with Crippen molar-refractivity contribution < 1.29 is 9.53 Å². The van der Waals surface area contributed by atoms with Crippen LogP contribution < -0.4 is 9.64 Å². The van der Waals surface area contributed by atoms with Crippen LogP contribution in [0.4, 0.5) is 5.13 Å². The number of benzene rings is 2. The van der Waals surface area contributed by atoms with Gasteiger partial charge in [-0.2, -0.15) is 5.10 Å². The van der Waals surface area contributed by atoms with Crippen LogP contribution in [0, 0.1) is 6.92 Å². The topological polar surface area (TPSA) is 60.2 Å². The van der Waals surface area contributed by atoms with Crippen LogP contribution in [0.25, 0.3) is 10.2 Å². The SMILES string of the molecule is CCn1nc(C(=O)N(Cc2ccccc2)c2nc3cc(OC)ccc3s2)cc1C. The number of rotatable bonds is 6. The van der Waals surface area contributed by atoms with Crippen LogP contribution in [-0.2, 0) is 13.1 Å². The Morgan fingerprint density at radius 2 is 1.97 bits per heavy atom. The fourth-order valence-corrected chi connectivity index (χ4v) is 4.15. The molecule has 0 radical (unpaired) electrons. The first-order valence-corrected chi connectivity index (χ1v) is 10.3. The van der Waals surface area contributed by atoms with Gasteiger partial charge in [-0.1, -0.05) is 41.7 Å². The minimum atomic E-state index is -0.157. The number of anilines is 1. The van der Waals surface area contributed by atoms with Gasteiger partial charge in [0.15, 0.2) is 10.8 Å². The second-order valence-electron chi connectivity index (χ2n) is 6.69. The van der Waals surface area contributed by atoms with Gasteiger partial charge in [-0.15, -0.1) is 0 Å². The highest BCUT2D eigenvalue weighted by Gasteiger charge is 2.24. The lowest BCUT2D eigenvalue weighted by molar-refractivity contribution is 0.0979. The van der Waals surface area contributed by atoms with Crippen molar-refractivity contribution in [3.8, 4) is 5.75 Å². The van der Waals surface area contributed by atoms with E-state index >= 15 is 0 Å². The Hall–Kier alpha value is -3.19. The predicted molar refractivity (Wildman–Crippen MR) is 116 cm³/mol. The Morgan fingerprint density at radius 1 is 1.17 bits per heavy atom. The molecule has 0 saturated heterocycles. The maximum absolute atomic E-state index is 13.4. The van der Waals surface area contributed by atoms with Crippen LogP contribution in [-0.4, -0.2) is 27.8 Å². The number of methoxy groups -OCH3 is 1. The van der Waals surface area contributed by atoms with Crippen molar-refractivity contribution in [1.29, 1.82) is 0 Å². The monoisotopic (exact) mass is 406 g/mol. The third-order valence-corrected chi connectivity index (χ3v) is 5.80. The summed E-state index contributed by atoms with van der Waals surface area (Å²) in [5.74, 6) is 0.586. The molecule has 0 N–H and O–H groups in total. The first kappa shape index (κ1) is 19.1. The van der Waals surface area contributed by atoms with E-state index in [1.807, 2.05) is 73.1 Å². The van der Waals surface area contributed by atoms with Crippen molar-refractivity contribution in [2.45, 2.75) is 26.9 Å². The van der Waals surface area contributed by atoms with Crippen molar-refractivity contribution in [3.05, 3.63) is 71.5 Å². The van der Waals surface area contributed by atoms with Crippen molar-refractivity contribution in [3.63, 3.8) is 0 Å². The smallest absolute Gasteiger partial charge is 0.280 e. The van der Waals surface area contributed by atoms with Crippen LogP contribution in [0.5, 0.6) is 5.75 Å². The first-order valence-electron chi connectivity index (χ1n) is 9.44. The van der Waals surface area contributed by atoms with Crippen LogP contribution in [0.2, 0.25) is 0 Å². The minimum absolute atomic E-state index is 0.157. The molecule has 0 aliphatic carbocycles. The second-order valence-corrected chi connectivity index (χ2v) is 7.70. The summed E-state index contributed by atoms with van der Waals surface area (Å²) in [6.45, 7) is 5.11. The van der Waals surface area contributed by atoms with Crippen molar-refractivity contribution in [1.82, 2.24) is 14.8 Å². The van der Waals surface area contributed by atoms with Gasteiger partial charge in [0.1, 0.15) is 5.75 Å². The zero-order chi connectivity index (χ0) is 20.4. The quantitative estimate of drug-likeness (QED) is 0.467. The molecule has 0 aliphatic heterocycles. The van der Waals surface area contributed by atoms with Crippen molar-refractivity contribution in [2.24, 2.45) is 0 Å². The maximum Gasteiger partial charge on any atom is 0.280 e. The fourth-order valence-electron chi connectivity index (χ4n) is 3.20. The Labute approximate surface area is 173 Å². The summed E-state index contributed by atoms with van der Waals surface area (Å²) in [7, 11) is 1.63. The number of carbonyl (C=O) groups excluding carboxylic acids is 1. The molecule has 2 aromatic heterocycles. The number of nitrogens with zero attached hydrogens (tertiary/aromatic N) is 4. The molecule has 29 heavy (non-hydrogen) atoms. The number of hydrogen-bond acceptors (Lipinski definition) is 5. The molecule has 0 spiro atoms. The molecular weight excluding hydrogens is 384 g/mol. The van der Waals surface area contributed by atoms with Gasteiger partial charge in [-0.3, -0.25) is 14.4 Å². The zero-order valence-electron chi connectivity index (χ0n) is 16.6. The van der Waals surface area contributed by atoms with Gasteiger partial charge in [0.25, 0.3) is 5.91 Å². The van der Waals surface area contributed by atoms with Gasteiger partial charge in [-0.05, 0) is 37.6 Å². The first-order chi connectivity index (χ1) is 14.1. The molecule has 2 heterocycles. The summed E-state index contributed by atoms with van der Waals surface area (Å²) in [5, 5.41) is 5.12. The average Bonchev–Trinajstić information content (AvgIpc) is 3.34. The van der Waals surface area contributed by atoms with E-state index in [0.29, 0.717) is 17.4 Å². The summed E-state index contributed by atoms with van der Waals surface area (Å²) in [6.07, 6.45) is 0. The lowest BCUT2D eigenvalue weighted by Gasteiger charge is -2.19. The lowest BCUT2D eigenvalue weighted by atomic mass is 10.2. The summed E-state index contributed by atoms with van der Waals surface area (Å²) in [5.41, 5.74) is 3.23. The molecule has 0 unspecified atom stereocenters. The third-order valence-electron chi connectivity index (χ3n) is 4.74. The van der Waals surface area contributed by atoms with E-state index in [4.69, 9.17) is 9.72 Å². The van der Waals surface area contributed by atoms with Gasteiger partial charge in [-0.25, -0.2) is 4.98 Å². The Kier molecular flexibility index (Phi) is 5.31. The zero-order valence-corrected chi connectivity index (χ0v) is 17.4. The molecule has 1 amide bonds. The molecule has 4 rings (SSSR count). The van der Waals surface area contributed by atoms with E-state index in [2.05, 4.69) is 5.10 Å². The van der Waals surface area contributed by atoms with Crippen molar-refractivity contribution >= 4 is 32.6 Å². The molecule has 0 fully saturated rings. The Morgan fingerprint density at radius 3 is 2.66 bits per heavy atom. The molecule has 148 valence electrons. The largest absolute Gasteiger partial charge is 0.497 e. The standard InChI is InChI=1S/C22H22N4O2S/c1-4-26-15(2)12-19(24-26)21(27)25(14-16-8-6-5-7-9-16)22-23-18-13-17(28-3)10-11-20(18)29-22/h5-13H,4,14H2,1-3H3. The molecule has 7 heteroatoms. The van der Waals surface area contributed by atoms with Crippen LogP contribution in [0.15, 0.2) is 54.6 Å². The number of fused-ring (bicyclic) bond motifs is 1. The highest BCUT2D eigenvalue weighted by molar-refractivity contribution is 7.22. The number of amides is 1. The van der Waals surface area contributed by atoms with Crippen LogP contribution in [0.1, 0.15) is 28.7 Å². The van der Waals surface area contributed by atoms with Gasteiger partial charge in [0.2, 0.25) is 0 Å². The number of aromatic nitrogens is 3. The normalized spacial score (nSPS) is 11.0. The molecule has 0 aliphatic rings. The second kappa shape index (κ2) is 8.05. The lowest BCUT2D eigenvalue weighted by Crippen LogP contribution is -2.30. The van der Waals surface area contributed by atoms with E-state index < -0.39 is 0 Å². The molecular formula is C22H22N4O2S. The van der Waals surface area contributed by atoms with Crippen LogP contribution in [0.3, 0.4) is 0 Å². The summed E-state index contributed by atoms with van der Waals surface area (Å²) < 4.78 is 8.14. The third kappa shape index (κ3) is 3.86. The highest BCUT2D eigenvalue weighted by atomic mass is 32.1. The van der Waals surface area contributed by atoms with E-state index in [1.165, 1.54) is 11.3 Å². The number of aryl methyl sites for hydroxylation is 2. The van der Waals surface area contributed by atoms with E-state index in [0.717, 1.165) is 33.8 Å². The number of carbonyl (C=O) groups is 1. The summed E-state index contributed by atoms with van der Waals surface area (Å²) in [4.78, 5) is 19.8. The molecule has 4 aromatic rings. The average molecular weight is 407 g/mol. The molecule has 0 saturated carbocycles. The molecule has 0 bridgehead atoms. The van der Waals surface area contributed by atoms with E-state index in [9.17, 15) is 4.79 Å². The number of ether oxygens (including phenoxy) is 1. The summed E-state index contributed by atoms with van der Waals surface area (Å²) in [6, 6.07) is 17.5. The Balaban J connectivity index is 1.76. The van der Waals surface area contributed by atoms with Crippen LogP contribution >= 0.6 is 11.3 Å². The molecule has 2 aromatic carbocycles. The highest BCUT2D eigenvalue weighted by Crippen LogP contribution is 2.32. The number of hydrogen-bond donors (Lipinski definition) is 0.